The van der Waals surface area contributed by atoms with Gasteiger partial charge in [-0.05, 0) is 65.3 Å². The lowest BCUT2D eigenvalue weighted by Crippen LogP contribution is -2.51. The zero-order chi connectivity index (χ0) is 20.3. The smallest absolute Gasteiger partial charge is 0.132 e. The van der Waals surface area contributed by atoms with E-state index in [1.165, 1.54) is 5.56 Å². The molecule has 4 nitrogen and oxygen atoms in total. The third-order valence-corrected chi connectivity index (χ3v) is 5.00. The summed E-state index contributed by atoms with van der Waals surface area (Å²) < 4.78 is 19.1. The molecule has 3 rings (SSSR count). The fraction of sp³-hybridized carbons (Fsp3) is 0.500. The molecule has 2 aromatic rings. The number of benzene rings is 2. The van der Waals surface area contributed by atoms with Crippen molar-refractivity contribution >= 4 is 5.69 Å². The van der Waals surface area contributed by atoms with E-state index in [1.54, 1.807) is 0 Å². The van der Waals surface area contributed by atoms with Crippen LogP contribution < -0.4 is 10.1 Å². The minimum Gasteiger partial charge on any atom is -0.485 e. The van der Waals surface area contributed by atoms with Crippen molar-refractivity contribution in [1.29, 1.82) is 0 Å². The minimum atomic E-state index is -0.503. The molecule has 4 heteroatoms. The van der Waals surface area contributed by atoms with Crippen LogP contribution in [0, 0.1) is 6.92 Å². The summed E-state index contributed by atoms with van der Waals surface area (Å²) in [5.74, 6) is 0.868. The number of aryl methyl sites for hydroxylation is 1. The molecule has 0 saturated heterocycles. The molecule has 0 spiro atoms. The topological polar surface area (TPSA) is 39.7 Å². The van der Waals surface area contributed by atoms with Gasteiger partial charge in [0, 0.05) is 17.8 Å². The van der Waals surface area contributed by atoms with E-state index in [2.05, 4.69) is 83.3 Å². The maximum absolute atomic E-state index is 6.42. The fourth-order valence-corrected chi connectivity index (χ4v) is 3.64. The van der Waals surface area contributed by atoms with Crippen molar-refractivity contribution < 1.29 is 14.2 Å². The summed E-state index contributed by atoms with van der Waals surface area (Å²) in [4.78, 5) is 0. The first kappa shape index (κ1) is 20.7. The number of hydrogen-bond acceptors (Lipinski definition) is 4. The van der Waals surface area contributed by atoms with Crippen LogP contribution in [0.4, 0.5) is 5.69 Å². The van der Waals surface area contributed by atoms with E-state index in [1.807, 2.05) is 6.07 Å². The first-order valence-electron chi connectivity index (χ1n) is 10.2. The first-order valence-corrected chi connectivity index (χ1v) is 10.2. The molecule has 0 aliphatic carbocycles. The monoisotopic (exact) mass is 383 g/mol. The van der Waals surface area contributed by atoms with Gasteiger partial charge in [-0.2, -0.15) is 0 Å². The van der Waals surface area contributed by atoms with Gasteiger partial charge in [-0.3, -0.25) is 0 Å². The molecule has 2 unspecified atom stereocenters. The van der Waals surface area contributed by atoms with Crippen LogP contribution in [-0.4, -0.2) is 24.4 Å². The Morgan fingerprint density at radius 3 is 2.46 bits per heavy atom. The Morgan fingerprint density at radius 2 is 1.82 bits per heavy atom. The van der Waals surface area contributed by atoms with Gasteiger partial charge in [0.05, 0.1) is 12.7 Å². The number of fused-ring (bicyclic) bond motifs is 1. The summed E-state index contributed by atoms with van der Waals surface area (Å²) in [5.41, 5.74) is 4.00. The Hall–Kier alpha value is -2.04. The van der Waals surface area contributed by atoms with Gasteiger partial charge in [0.25, 0.3) is 0 Å². The lowest BCUT2D eigenvalue weighted by Gasteiger charge is -2.45. The summed E-state index contributed by atoms with van der Waals surface area (Å²) in [6.45, 7) is 13.9. The number of ether oxygens (including phenoxy) is 3. The van der Waals surface area contributed by atoms with Crippen LogP contribution in [0.25, 0.3) is 0 Å². The quantitative estimate of drug-likeness (QED) is 0.671. The average molecular weight is 384 g/mol. The highest BCUT2D eigenvalue weighted by Crippen LogP contribution is 2.45. The van der Waals surface area contributed by atoms with Crippen LogP contribution in [0.3, 0.4) is 0 Å². The molecule has 0 saturated carbocycles. The third kappa shape index (κ3) is 4.68. The van der Waals surface area contributed by atoms with Crippen molar-refractivity contribution in [3.05, 3.63) is 59.2 Å². The number of nitrogens with one attached hydrogen (secondary N) is 1. The highest BCUT2D eigenvalue weighted by atomic mass is 16.6. The number of anilines is 1. The summed E-state index contributed by atoms with van der Waals surface area (Å²) in [6.07, 6.45) is -0.330. The fourth-order valence-electron chi connectivity index (χ4n) is 3.64. The van der Waals surface area contributed by atoms with Gasteiger partial charge in [-0.15, -0.1) is 0 Å². The summed E-state index contributed by atoms with van der Waals surface area (Å²) in [7, 11) is 0. The zero-order valence-corrected chi connectivity index (χ0v) is 17.9. The Balaban J connectivity index is 1.91. The predicted octanol–water partition coefficient (Wildman–Crippen LogP) is 5.65. The van der Waals surface area contributed by atoms with E-state index in [0.717, 1.165) is 29.1 Å². The Bertz CT molecular complexity index is 783. The second-order valence-corrected chi connectivity index (χ2v) is 8.31. The van der Waals surface area contributed by atoms with Gasteiger partial charge in [0.1, 0.15) is 23.6 Å². The molecular weight excluding hydrogens is 350 g/mol. The predicted molar refractivity (Wildman–Crippen MR) is 114 cm³/mol. The molecule has 1 heterocycles. The van der Waals surface area contributed by atoms with E-state index in [9.17, 15) is 0 Å². The maximum Gasteiger partial charge on any atom is 0.132 e. The molecule has 0 radical (unpaired) electrons. The molecule has 0 amide bonds. The molecule has 28 heavy (non-hydrogen) atoms. The molecular formula is C24H33NO3. The van der Waals surface area contributed by atoms with Crippen LogP contribution in [0.2, 0.25) is 0 Å². The summed E-state index contributed by atoms with van der Waals surface area (Å²) in [6, 6.07) is 14.7. The van der Waals surface area contributed by atoms with Crippen LogP contribution in [0.5, 0.6) is 5.75 Å². The van der Waals surface area contributed by atoms with E-state index in [4.69, 9.17) is 14.2 Å². The van der Waals surface area contributed by atoms with Gasteiger partial charge in [-0.25, -0.2) is 0 Å². The van der Waals surface area contributed by atoms with Gasteiger partial charge >= 0.3 is 0 Å². The summed E-state index contributed by atoms with van der Waals surface area (Å²) >= 11 is 0. The van der Waals surface area contributed by atoms with E-state index in [-0.39, 0.29) is 18.3 Å². The third-order valence-electron chi connectivity index (χ3n) is 5.00. The molecule has 1 aliphatic heterocycles. The highest BCUT2D eigenvalue weighted by Gasteiger charge is 2.46. The van der Waals surface area contributed by atoms with Gasteiger partial charge in [0.15, 0.2) is 0 Å². The van der Waals surface area contributed by atoms with Crippen molar-refractivity contribution in [2.24, 2.45) is 0 Å². The molecule has 0 bridgehead atoms. The van der Waals surface area contributed by atoms with Crippen molar-refractivity contribution in [2.75, 3.05) is 11.9 Å². The highest BCUT2D eigenvalue weighted by molar-refractivity contribution is 5.53. The average Bonchev–Trinajstić information content (AvgIpc) is 2.62. The van der Waals surface area contributed by atoms with E-state index < -0.39 is 5.60 Å². The van der Waals surface area contributed by atoms with E-state index >= 15 is 0 Å². The van der Waals surface area contributed by atoms with Crippen molar-refractivity contribution in [2.45, 2.75) is 72.1 Å². The summed E-state index contributed by atoms with van der Waals surface area (Å²) in [5, 5.41) is 3.38. The van der Waals surface area contributed by atoms with Crippen molar-refractivity contribution in [1.82, 2.24) is 0 Å². The van der Waals surface area contributed by atoms with Crippen LogP contribution >= 0.6 is 0 Å². The Labute approximate surface area is 169 Å². The number of hydrogen-bond donors (Lipinski definition) is 1. The molecule has 0 aromatic heterocycles. The second kappa shape index (κ2) is 8.54. The standard InChI is InChI=1S/C24H33NO3/c1-7-25-19-12-13-21-20(14-19)22(27-16(2)3)23(24(5,6)28-21)26-15-18-10-8-17(4)9-11-18/h8-14,16,22-23,25H,7,15H2,1-6H3. The minimum absolute atomic E-state index is 0.0833. The van der Waals surface area contributed by atoms with Crippen LogP contribution in [0.15, 0.2) is 42.5 Å². The lowest BCUT2D eigenvalue weighted by molar-refractivity contribution is -0.177. The first-order chi connectivity index (χ1) is 13.3. The Morgan fingerprint density at radius 1 is 1.11 bits per heavy atom. The Kier molecular flexibility index (Phi) is 6.31. The molecule has 2 atom stereocenters. The molecule has 2 aromatic carbocycles. The lowest BCUT2D eigenvalue weighted by atomic mass is 9.87. The zero-order valence-electron chi connectivity index (χ0n) is 17.9. The molecule has 1 aliphatic rings. The molecule has 1 N–H and O–H groups in total. The van der Waals surface area contributed by atoms with E-state index in [0.29, 0.717) is 6.61 Å². The molecule has 152 valence electrons. The van der Waals surface area contributed by atoms with Gasteiger partial charge in [0.2, 0.25) is 0 Å². The largest absolute Gasteiger partial charge is 0.485 e. The van der Waals surface area contributed by atoms with Gasteiger partial charge < -0.3 is 19.5 Å². The SMILES string of the molecule is CCNc1ccc2c(c1)C(OC(C)C)C(OCc1ccc(C)cc1)C(C)(C)O2. The number of rotatable bonds is 7. The van der Waals surface area contributed by atoms with Crippen molar-refractivity contribution in [3.63, 3.8) is 0 Å². The van der Waals surface area contributed by atoms with Gasteiger partial charge in [-0.1, -0.05) is 29.8 Å². The normalized spacial score (nSPS) is 20.5. The van der Waals surface area contributed by atoms with Crippen LogP contribution in [-0.2, 0) is 16.1 Å². The molecule has 0 fully saturated rings. The second-order valence-electron chi connectivity index (χ2n) is 8.31. The van der Waals surface area contributed by atoms with Crippen molar-refractivity contribution in [3.8, 4) is 5.75 Å². The maximum atomic E-state index is 6.42. The van der Waals surface area contributed by atoms with Crippen LogP contribution in [0.1, 0.15) is 57.4 Å².